The molecule has 10 heteroatoms. The fraction of sp³-hybridized carbons (Fsp3) is 0.190. The topological polar surface area (TPSA) is 93.1 Å². The van der Waals surface area contributed by atoms with Gasteiger partial charge in [0.15, 0.2) is 18.1 Å². The van der Waals surface area contributed by atoms with Crippen molar-refractivity contribution in [2.45, 2.75) is 13.5 Å². The van der Waals surface area contributed by atoms with Gasteiger partial charge in [0.05, 0.1) is 18.1 Å². The monoisotopic (exact) mass is 481 g/mol. The lowest BCUT2D eigenvalue weighted by Gasteiger charge is -2.13. The molecule has 0 atom stereocenters. The normalized spacial score (nSPS) is 14.9. The molecule has 7 nitrogen and oxygen atoms in total. The van der Waals surface area contributed by atoms with Crippen LogP contribution in [-0.2, 0) is 16.1 Å². The summed E-state index contributed by atoms with van der Waals surface area (Å²) in [4.78, 5) is 37.3. The quantitative estimate of drug-likeness (QED) is 0.524. The molecule has 31 heavy (non-hydrogen) atoms. The van der Waals surface area contributed by atoms with Gasteiger partial charge in [-0.1, -0.05) is 35.3 Å². The van der Waals surface area contributed by atoms with Gasteiger partial charge in [-0.25, -0.2) is 4.79 Å². The van der Waals surface area contributed by atoms with E-state index in [1.54, 1.807) is 49.4 Å². The molecule has 162 valence electrons. The third-order valence-corrected chi connectivity index (χ3v) is 5.63. The van der Waals surface area contributed by atoms with E-state index in [0.717, 1.165) is 16.7 Å². The van der Waals surface area contributed by atoms with Gasteiger partial charge in [0, 0.05) is 10.0 Å². The molecule has 2 aromatic carbocycles. The van der Waals surface area contributed by atoms with E-state index in [-0.39, 0.29) is 17.2 Å². The third kappa shape index (κ3) is 5.72. The summed E-state index contributed by atoms with van der Waals surface area (Å²) < 4.78 is 10.7. The van der Waals surface area contributed by atoms with E-state index < -0.39 is 23.7 Å². The van der Waals surface area contributed by atoms with Crippen LogP contribution in [-0.4, -0.2) is 40.3 Å². The summed E-state index contributed by atoms with van der Waals surface area (Å²) in [6, 6.07) is 9.67. The zero-order valence-electron chi connectivity index (χ0n) is 16.3. The molecule has 0 aliphatic carbocycles. The highest BCUT2D eigenvalue weighted by atomic mass is 35.5. The van der Waals surface area contributed by atoms with E-state index in [1.165, 1.54) is 0 Å². The number of carbonyl (C=O) groups excluding carboxylic acids is 2. The number of carboxylic acids is 1. The molecule has 0 unspecified atom stereocenters. The predicted octanol–water partition coefficient (Wildman–Crippen LogP) is 5.09. The summed E-state index contributed by atoms with van der Waals surface area (Å²) >= 11 is 12.9. The van der Waals surface area contributed by atoms with Crippen molar-refractivity contribution in [3.63, 3.8) is 0 Å². The van der Waals surface area contributed by atoms with Gasteiger partial charge in [0.2, 0.25) is 0 Å². The zero-order chi connectivity index (χ0) is 22.5. The summed E-state index contributed by atoms with van der Waals surface area (Å²) in [5.41, 5.74) is 1.20. The molecule has 0 spiro atoms. The van der Waals surface area contributed by atoms with Gasteiger partial charge in [-0.05, 0) is 60.2 Å². The molecular weight excluding hydrogens is 465 g/mol. The van der Waals surface area contributed by atoms with Crippen LogP contribution in [0.2, 0.25) is 10.0 Å². The second-order valence-electron chi connectivity index (χ2n) is 6.33. The average Bonchev–Trinajstić information content (AvgIpc) is 2.96. The molecule has 2 aromatic rings. The second-order valence-corrected chi connectivity index (χ2v) is 8.16. The minimum absolute atomic E-state index is 0.0319. The first-order chi connectivity index (χ1) is 14.8. The van der Waals surface area contributed by atoms with E-state index >= 15 is 0 Å². The van der Waals surface area contributed by atoms with Crippen molar-refractivity contribution in [2.75, 3.05) is 13.2 Å². The standard InChI is InChI=1S/C21H17Cl2NO6S/c1-2-29-17-7-12(3-6-16(17)30-11-19(25)26)8-18-20(27)24(21(28)31-18)10-13-4-5-14(22)9-15(13)23/h3-9H,2,10-11H2,1H3,(H,25,26)/b18-8-. The lowest BCUT2D eigenvalue weighted by atomic mass is 10.1. The highest BCUT2D eigenvalue weighted by Gasteiger charge is 2.35. The zero-order valence-corrected chi connectivity index (χ0v) is 18.6. The molecule has 0 radical (unpaired) electrons. The minimum Gasteiger partial charge on any atom is -0.490 e. The molecule has 1 saturated heterocycles. The summed E-state index contributed by atoms with van der Waals surface area (Å²) in [6.45, 7) is 1.64. The van der Waals surface area contributed by atoms with Crippen molar-refractivity contribution in [2.24, 2.45) is 0 Å². The van der Waals surface area contributed by atoms with E-state index in [1.807, 2.05) is 0 Å². The van der Waals surface area contributed by atoms with Crippen LogP contribution in [0, 0.1) is 0 Å². The highest BCUT2D eigenvalue weighted by Crippen LogP contribution is 2.36. The van der Waals surface area contributed by atoms with E-state index in [2.05, 4.69) is 0 Å². The lowest BCUT2D eigenvalue weighted by molar-refractivity contribution is -0.139. The Balaban J connectivity index is 1.81. The maximum absolute atomic E-state index is 12.8. The molecule has 1 fully saturated rings. The van der Waals surface area contributed by atoms with E-state index in [4.69, 9.17) is 37.8 Å². The number of ether oxygens (including phenoxy) is 2. The highest BCUT2D eigenvalue weighted by molar-refractivity contribution is 8.18. The van der Waals surface area contributed by atoms with Crippen LogP contribution in [0.1, 0.15) is 18.1 Å². The van der Waals surface area contributed by atoms with Crippen molar-refractivity contribution in [3.05, 3.63) is 62.5 Å². The molecule has 1 aliphatic rings. The van der Waals surface area contributed by atoms with Crippen LogP contribution in [0.15, 0.2) is 41.3 Å². The van der Waals surface area contributed by atoms with E-state index in [9.17, 15) is 14.4 Å². The predicted molar refractivity (Wildman–Crippen MR) is 119 cm³/mol. The van der Waals surface area contributed by atoms with Crippen LogP contribution in [0.25, 0.3) is 6.08 Å². The van der Waals surface area contributed by atoms with E-state index in [0.29, 0.717) is 33.5 Å². The maximum atomic E-state index is 12.8. The summed E-state index contributed by atoms with van der Waals surface area (Å²) in [6.07, 6.45) is 1.57. The Bertz CT molecular complexity index is 1070. The number of halogens is 2. The van der Waals surface area contributed by atoms with Crippen molar-refractivity contribution < 1.29 is 29.0 Å². The Labute approximate surface area is 192 Å². The van der Waals surface area contributed by atoms with Gasteiger partial charge in [-0.15, -0.1) is 0 Å². The van der Waals surface area contributed by atoms with Gasteiger partial charge >= 0.3 is 5.97 Å². The first-order valence-electron chi connectivity index (χ1n) is 9.09. The van der Waals surface area contributed by atoms with Gasteiger partial charge < -0.3 is 14.6 Å². The number of aliphatic carboxylic acids is 1. The molecule has 1 heterocycles. The summed E-state index contributed by atoms with van der Waals surface area (Å²) in [5, 5.41) is 9.21. The summed E-state index contributed by atoms with van der Waals surface area (Å²) in [5.74, 6) is -0.942. The van der Waals surface area contributed by atoms with Crippen molar-refractivity contribution >= 4 is 58.2 Å². The molecule has 1 aliphatic heterocycles. The number of hydrogen-bond donors (Lipinski definition) is 1. The number of nitrogens with zero attached hydrogens (tertiary/aromatic N) is 1. The molecule has 3 rings (SSSR count). The van der Waals surface area contributed by atoms with Crippen molar-refractivity contribution in [1.29, 1.82) is 0 Å². The van der Waals surface area contributed by atoms with Crippen molar-refractivity contribution in [3.8, 4) is 11.5 Å². The molecule has 0 saturated carbocycles. The number of benzene rings is 2. The minimum atomic E-state index is -1.11. The van der Waals surface area contributed by atoms with Gasteiger partial charge in [0.25, 0.3) is 11.1 Å². The van der Waals surface area contributed by atoms with Gasteiger partial charge in [0.1, 0.15) is 0 Å². The third-order valence-electron chi connectivity index (χ3n) is 4.13. The lowest BCUT2D eigenvalue weighted by Crippen LogP contribution is -2.27. The number of hydrogen-bond acceptors (Lipinski definition) is 6. The number of amides is 2. The molecular formula is C21H17Cl2NO6S. The number of thioether (sulfide) groups is 1. The Hall–Kier alpha value is -2.68. The fourth-order valence-corrected chi connectivity index (χ4v) is 4.06. The molecule has 0 aromatic heterocycles. The Kier molecular flexibility index (Phi) is 7.48. The number of imide groups is 1. The first kappa shape index (κ1) is 23.0. The fourth-order valence-electron chi connectivity index (χ4n) is 2.75. The molecule has 0 bridgehead atoms. The van der Waals surface area contributed by atoms with Crippen LogP contribution in [0.5, 0.6) is 11.5 Å². The van der Waals surface area contributed by atoms with Crippen molar-refractivity contribution in [1.82, 2.24) is 4.90 Å². The Morgan fingerprint density at radius 2 is 1.90 bits per heavy atom. The Morgan fingerprint density at radius 3 is 2.58 bits per heavy atom. The Morgan fingerprint density at radius 1 is 1.13 bits per heavy atom. The number of carboxylic acid groups (broad SMARTS) is 1. The number of rotatable bonds is 8. The van der Waals surface area contributed by atoms with Crippen LogP contribution < -0.4 is 9.47 Å². The van der Waals surface area contributed by atoms with Crippen LogP contribution >= 0.6 is 35.0 Å². The second kappa shape index (κ2) is 10.1. The number of carbonyl (C=O) groups is 3. The molecule has 1 N–H and O–H groups in total. The van der Waals surface area contributed by atoms with Gasteiger partial charge in [-0.2, -0.15) is 0 Å². The average molecular weight is 482 g/mol. The summed E-state index contributed by atoms with van der Waals surface area (Å²) in [7, 11) is 0. The van der Waals surface area contributed by atoms with Crippen LogP contribution in [0.3, 0.4) is 0 Å². The van der Waals surface area contributed by atoms with Gasteiger partial charge in [-0.3, -0.25) is 14.5 Å². The maximum Gasteiger partial charge on any atom is 0.341 e. The van der Waals surface area contributed by atoms with Crippen LogP contribution in [0.4, 0.5) is 4.79 Å². The smallest absolute Gasteiger partial charge is 0.341 e. The SMILES string of the molecule is CCOc1cc(/C=C2\SC(=O)N(Cc3ccc(Cl)cc3Cl)C2=O)ccc1OCC(=O)O. The largest absolute Gasteiger partial charge is 0.490 e. The first-order valence-corrected chi connectivity index (χ1v) is 10.7. The molecule has 2 amide bonds.